The second-order valence-corrected chi connectivity index (χ2v) is 6.84. The lowest BCUT2D eigenvalue weighted by Gasteiger charge is -2.23. The molecule has 2 saturated carbocycles. The molecule has 0 aromatic carbocycles. The third-order valence-corrected chi connectivity index (χ3v) is 5.87. The molecule has 0 aromatic rings. The molecule has 0 heteroatoms. The van der Waals surface area contributed by atoms with Gasteiger partial charge in [0.05, 0.1) is 0 Å². The van der Waals surface area contributed by atoms with Crippen LogP contribution in [-0.4, -0.2) is 0 Å². The molecule has 4 aliphatic rings. The summed E-state index contributed by atoms with van der Waals surface area (Å²) in [5, 5.41) is 0. The Labute approximate surface area is 117 Å². The highest BCUT2D eigenvalue weighted by molar-refractivity contribution is 5.29. The molecule has 4 atom stereocenters. The lowest BCUT2D eigenvalue weighted by Crippen LogP contribution is -2.11. The van der Waals surface area contributed by atoms with Gasteiger partial charge in [0.15, 0.2) is 0 Å². The molecule has 0 N–H and O–H groups in total. The van der Waals surface area contributed by atoms with Gasteiger partial charge in [-0.05, 0) is 68.6 Å². The largest absolute Gasteiger partial charge is 0.0839 e. The van der Waals surface area contributed by atoms with Crippen LogP contribution in [0.2, 0.25) is 0 Å². The summed E-state index contributed by atoms with van der Waals surface area (Å²) in [6, 6.07) is 0. The molecule has 0 spiro atoms. The highest BCUT2D eigenvalue weighted by Crippen LogP contribution is 2.49. The number of fused-ring (bicyclic) bond motifs is 2. The first-order chi connectivity index (χ1) is 9.42. The molecule has 0 saturated heterocycles. The molecule has 0 bridgehead atoms. The van der Waals surface area contributed by atoms with E-state index in [0.29, 0.717) is 0 Å². The molecule has 0 radical (unpaired) electrons. The third-order valence-electron chi connectivity index (χ3n) is 5.87. The molecule has 0 amide bonds. The molecule has 100 valence electrons. The van der Waals surface area contributed by atoms with Crippen LogP contribution < -0.4 is 0 Å². The minimum atomic E-state index is 0.894. The molecule has 4 unspecified atom stereocenters. The summed E-state index contributed by atoms with van der Waals surface area (Å²) in [6.07, 6.45) is 24.0. The van der Waals surface area contributed by atoms with Crippen molar-refractivity contribution in [2.75, 3.05) is 0 Å². The zero-order chi connectivity index (χ0) is 12.7. The van der Waals surface area contributed by atoms with Crippen LogP contribution in [0.5, 0.6) is 0 Å². The maximum Gasteiger partial charge on any atom is -0.0162 e. The summed E-state index contributed by atoms with van der Waals surface area (Å²) in [5.74, 6) is 3.58. The van der Waals surface area contributed by atoms with Crippen LogP contribution in [0.3, 0.4) is 0 Å². The van der Waals surface area contributed by atoms with Crippen LogP contribution in [0.25, 0.3) is 0 Å². The van der Waals surface area contributed by atoms with Crippen molar-refractivity contribution in [2.45, 2.75) is 44.9 Å². The Bertz CT molecular complexity index is 430. The van der Waals surface area contributed by atoms with E-state index < -0.39 is 0 Å². The summed E-state index contributed by atoms with van der Waals surface area (Å²) in [7, 11) is 0. The Hall–Kier alpha value is -1.04. The van der Waals surface area contributed by atoms with Crippen molar-refractivity contribution in [1.82, 2.24) is 0 Å². The maximum absolute atomic E-state index is 2.44. The maximum atomic E-state index is 2.44. The van der Waals surface area contributed by atoms with Gasteiger partial charge in [0.1, 0.15) is 0 Å². The predicted octanol–water partition coefficient (Wildman–Crippen LogP) is 5.20. The molecular weight excluding hydrogens is 228 g/mol. The zero-order valence-corrected chi connectivity index (χ0v) is 11.7. The van der Waals surface area contributed by atoms with E-state index in [9.17, 15) is 0 Å². The van der Waals surface area contributed by atoms with Gasteiger partial charge in [-0.3, -0.25) is 0 Å². The smallest absolute Gasteiger partial charge is 0.0162 e. The number of hydrogen-bond donors (Lipinski definition) is 0. The first-order valence-electron chi connectivity index (χ1n) is 8.15. The standard InChI is InChI=1S/C19H24/c1-3-7-18-14(5-1)9-11-16(18)13-17-12-10-15-6-2-4-8-19(15)17/h1-4,7-8,14-17H,5-6,9-13H2. The lowest BCUT2D eigenvalue weighted by molar-refractivity contribution is 0.460. The Morgan fingerprint density at radius 3 is 1.79 bits per heavy atom. The van der Waals surface area contributed by atoms with E-state index in [1.807, 2.05) is 0 Å². The highest BCUT2D eigenvalue weighted by Gasteiger charge is 2.36. The minimum absolute atomic E-state index is 0.894. The van der Waals surface area contributed by atoms with Crippen LogP contribution in [0.4, 0.5) is 0 Å². The van der Waals surface area contributed by atoms with Crippen LogP contribution in [0.15, 0.2) is 47.6 Å². The summed E-state index contributed by atoms with van der Waals surface area (Å²) in [5.41, 5.74) is 3.58. The molecule has 4 aliphatic carbocycles. The quantitative estimate of drug-likeness (QED) is 0.633. The Balaban J connectivity index is 1.50. The second-order valence-electron chi connectivity index (χ2n) is 6.84. The molecule has 19 heavy (non-hydrogen) atoms. The van der Waals surface area contributed by atoms with E-state index in [1.165, 1.54) is 44.9 Å². The van der Waals surface area contributed by atoms with E-state index in [0.717, 1.165) is 23.7 Å². The first kappa shape index (κ1) is 11.8. The van der Waals surface area contributed by atoms with Gasteiger partial charge in [0.25, 0.3) is 0 Å². The molecule has 2 fully saturated rings. The molecule has 0 aliphatic heterocycles. The van der Waals surface area contributed by atoms with Crippen LogP contribution in [-0.2, 0) is 0 Å². The molecular formula is C19H24. The fourth-order valence-electron chi connectivity index (χ4n) is 4.89. The summed E-state index contributed by atoms with van der Waals surface area (Å²) >= 11 is 0. The highest BCUT2D eigenvalue weighted by atomic mass is 14.4. The topological polar surface area (TPSA) is 0 Å². The van der Waals surface area contributed by atoms with Crippen molar-refractivity contribution in [3.05, 3.63) is 47.6 Å². The summed E-state index contributed by atoms with van der Waals surface area (Å²) < 4.78 is 0. The van der Waals surface area contributed by atoms with Gasteiger partial charge in [-0.15, -0.1) is 0 Å². The van der Waals surface area contributed by atoms with E-state index in [-0.39, 0.29) is 0 Å². The number of hydrogen-bond acceptors (Lipinski definition) is 0. The first-order valence-corrected chi connectivity index (χ1v) is 8.15. The normalized spacial score (nSPS) is 39.8. The van der Waals surface area contributed by atoms with E-state index in [4.69, 9.17) is 0 Å². The Morgan fingerprint density at radius 1 is 0.737 bits per heavy atom. The van der Waals surface area contributed by atoms with E-state index in [2.05, 4.69) is 36.5 Å². The SMILES string of the molecule is C1=CCC2CCC(CC3CCC4CC=CC=C43)C2=C1. The summed E-state index contributed by atoms with van der Waals surface area (Å²) in [4.78, 5) is 0. The predicted molar refractivity (Wildman–Crippen MR) is 80.7 cm³/mol. The van der Waals surface area contributed by atoms with Crippen LogP contribution >= 0.6 is 0 Å². The average molecular weight is 252 g/mol. The van der Waals surface area contributed by atoms with Gasteiger partial charge in [-0.25, -0.2) is 0 Å². The van der Waals surface area contributed by atoms with Crippen molar-refractivity contribution < 1.29 is 0 Å². The third kappa shape index (κ3) is 2.06. The van der Waals surface area contributed by atoms with Crippen LogP contribution in [0.1, 0.15) is 44.9 Å². The second kappa shape index (κ2) is 4.81. The van der Waals surface area contributed by atoms with Gasteiger partial charge in [-0.2, -0.15) is 0 Å². The zero-order valence-electron chi connectivity index (χ0n) is 11.7. The van der Waals surface area contributed by atoms with Crippen molar-refractivity contribution in [3.8, 4) is 0 Å². The molecule has 0 nitrogen and oxygen atoms in total. The molecule has 4 rings (SSSR count). The fraction of sp³-hybridized carbons (Fsp3) is 0.579. The van der Waals surface area contributed by atoms with Gasteiger partial charge >= 0.3 is 0 Å². The van der Waals surface area contributed by atoms with Gasteiger partial charge in [0.2, 0.25) is 0 Å². The summed E-state index contributed by atoms with van der Waals surface area (Å²) in [6.45, 7) is 0. The number of rotatable bonds is 2. The van der Waals surface area contributed by atoms with Gasteiger partial charge in [-0.1, -0.05) is 47.6 Å². The van der Waals surface area contributed by atoms with Crippen molar-refractivity contribution in [3.63, 3.8) is 0 Å². The van der Waals surface area contributed by atoms with Crippen molar-refractivity contribution in [2.24, 2.45) is 23.7 Å². The molecule has 0 heterocycles. The van der Waals surface area contributed by atoms with Crippen LogP contribution in [0, 0.1) is 23.7 Å². The van der Waals surface area contributed by atoms with Crippen molar-refractivity contribution >= 4 is 0 Å². The van der Waals surface area contributed by atoms with E-state index >= 15 is 0 Å². The fourth-order valence-corrected chi connectivity index (χ4v) is 4.89. The minimum Gasteiger partial charge on any atom is -0.0839 e. The van der Waals surface area contributed by atoms with Gasteiger partial charge in [0, 0.05) is 0 Å². The van der Waals surface area contributed by atoms with Crippen molar-refractivity contribution in [1.29, 1.82) is 0 Å². The monoisotopic (exact) mass is 252 g/mol. The average Bonchev–Trinajstić information content (AvgIpc) is 3.05. The molecule has 0 aromatic heterocycles. The Morgan fingerprint density at radius 2 is 1.26 bits per heavy atom. The lowest BCUT2D eigenvalue weighted by atomic mass is 9.82. The number of allylic oxidation sites excluding steroid dienone is 8. The van der Waals surface area contributed by atoms with E-state index in [1.54, 1.807) is 11.1 Å². The van der Waals surface area contributed by atoms with Gasteiger partial charge < -0.3 is 0 Å². The Kier molecular flexibility index (Phi) is 2.98.